The normalized spacial score (nSPS) is 21.9. The zero-order valence-electron chi connectivity index (χ0n) is 4.49. The molecular weight excluding hydrogens is 142 g/mol. The van der Waals surface area contributed by atoms with Crippen LogP contribution in [0.15, 0.2) is 0 Å². The predicted octanol–water partition coefficient (Wildman–Crippen LogP) is -1.59. The van der Waals surface area contributed by atoms with Crippen molar-refractivity contribution in [2.24, 2.45) is 0 Å². The standard InChI is InChI=1S/C4H4NO3S/c6-3-1-9(8)2-4(7)5-3/h1-2H2. The average Bonchev–Trinajstić information content (AvgIpc) is 1.59. The fraction of sp³-hybridized carbons (Fsp3) is 0.500. The molecule has 5 heteroatoms. The molecule has 0 aliphatic carbocycles. The molecule has 0 aromatic heterocycles. The van der Waals surface area contributed by atoms with E-state index in [1.54, 1.807) is 0 Å². The van der Waals surface area contributed by atoms with Crippen LogP contribution in [0.5, 0.6) is 0 Å². The molecule has 0 atom stereocenters. The summed E-state index contributed by atoms with van der Waals surface area (Å²) in [5, 5.41) is 3.06. The third-order valence-electron chi connectivity index (χ3n) is 0.818. The van der Waals surface area contributed by atoms with Gasteiger partial charge in [0.05, 0.1) is 0 Å². The minimum atomic E-state index is -1.29. The second-order valence-electron chi connectivity index (χ2n) is 1.63. The molecule has 0 spiro atoms. The molecule has 0 bridgehead atoms. The minimum absolute atomic E-state index is 0.0915. The van der Waals surface area contributed by atoms with E-state index in [9.17, 15) is 14.1 Å². The first kappa shape index (κ1) is 6.57. The van der Waals surface area contributed by atoms with Gasteiger partial charge in [-0.15, -0.1) is 0 Å². The molecule has 1 radical (unpaired) electrons. The summed E-state index contributed by atoms with van der Waals surface area (Å²) in [6, 6.07) is 0. The van der Waals surface area contributed by atoms with Crippen molar-refractivity contribution in [1.29, 1.82) is 0 Å². The fourth-order valence-corrected chi connectivity index (χ4v) is 1.31. The lowest BCUT2D eigenvalue weighted by molar-refractivity contribution is -0.128. The van der Waals surface area contributed by atoms with Crippen LogP contribution in [-0.4, -0.2) is 27.9 Å². The molecule has 0 aromatic rings. The van der Waals surface area contributed by atoms with Gasteiger partial charge in [0.1, 0.15) is 0 Å². The van der Waals surface area contributed by atoms with Crippen molar-refractivity contribution in [3.8, 4) is 0 Å². The van der Waals surface area contributed by atoms with Crippen LogP contribution in [0.1, 0.15) is 0 Å². The Morgan fingerprint density at radius 1 is 1.33 bits per heavy atom. The van der Waals surface area contributed by atoms with E-state index >= 15 is 0 Å². The predicted molar refractivity (Wildman–Crippen MR) is 30.0 cm³/mol. The van der Waals surface area contributed by atoms with Crippen molar-refractivity contribution in [2.75, 3.05) is 11.5 Å². The fourth-order valence-electron chi connectivity index (χ4n) is 0.530. The van der Waals surface area contributed by atoms with Gasteiger partial charge in [-0.05, 0) is 11.2 Å². The van der Waals surface area contributed by atoms with Gasteiger partial charge >= 0.3 is 0 Å². The van der Waals surface area contributed by atoms with Gasteiger partial charge in [0, 0.05) is 0 Å². The first-order chi connectivity index (χ1) is 4.18. The number of hydrogen-bond acceptors (Lipinski definition) is 3. The molecule has 1 aliphatic rings. The van der Waals surface area contributed by atoms with Gasteiger partial charge in [-0.3, -0.25) is 9.59 Å². The van der Waals surface area contributed by atoms with Gasteiger partial charge < -0.3 is 4.55 Å². The molecule has 49 valence electrons. The number of amides is 2. The molecule has 1 heterocycles. The van der Waals surface area contributed by atoms with Crippen LogP contribution in [-0.2, 0) is 20.8 Å². The number of nitrogens with zero attached hydrogens (tertiary/aromatic N) is 1. The van der Waals surface area contributed by atoms with Crippen LogP contribution in [0.25, 0.3) is 0 Å². The minimum Gasteiger partial charge on any atom is -0.616 e. The molecule has 1 saturated heterocycles. The largest absolute Gasteiger partial charge is 0.616 e. The first-order valence-corrected chi connectivity index (χ1v) is 3.79. The van der Waals surface area contributed by atoms with Crippen molar-refractivity contribution in [3.63, 3.8) is 0 Å². The van der Waals surface area contributed by atoms with Gasteiger partial charge in [0.25, 0.3) is 11.8 Å². The molecule has 1 aliphatic heterocycles. The van der Waals surface area contributed by atoms with Crippen LogP contribution < -0.4 is 5.32 Å². The first-order valence-electron chi connectivity index (χ1n) is 2.31. The second kappa shape index (κ2) is 2.36. The average molecular weight is 146 g/mol. The Labute approximate surface area is 54.8 Å². The highest BCUT2D eigenvalue weighted by atomic mass is 32.2. The number of carbonyl (C=O) groups excluding carboxylic acids is 2. The van der Waals surface area contributed by atoms with E-state index < -0.39 is 23.0 Å². The Morgan fingerprint density at radius 3 is 2.11 bits per heavy atom. The van der Waals surface area contributed by atoms with Crippen LogP contribution in [0.4, 0.5) is 0 Å². The monoisotopic (exact) mass is 146 g/mol. The molecule has 1 rings (SSSR count). The zero-order chi connectivity index (χ0) is 6.85. The van der Waals surface area contributed by atoms with E-state index in [0.717, 1.165) is 0 Å². The molecule has 9 heavy (non-hydrogen) atoms. The van der Waals surface area contributed by atoms with Gasteiger partial charge in [0.15, 0.2) is 11.5 Å². The molecule has 2 amide bonds. The summed E-state index contributed by atoms with van der Waals surface area (Å²) in [7, 11) is 0. The van der Waals surface area contributed by atoms with Crippen molar-refractivity contribution in [3.05, 3.63) is 0 Å². The summed E-state index contributed by atoms with van der Waals surface area (Å²) in [6.45, 7) is 0. The Morgan fingerprint density at radius 2 is 1.78 bits per heavy atom. The van der Waals surface area contributed by atoms with E-state index in [0.29, 0.717) is 0 Å². The summed E-state index contributed by atoms with van der Waals surface area (Å²) in [5.41, 5.74) is 0. The Bertz CT molecular complexity index is 142. The van der Waals surface area contributed by atoms with Crippen molar-refractivity contribution >= 4 is 23.0 Å². The summed E-state index contributed by atoms with van der Waals surface area (Å²) < 4.78 is 10.5. The van der Waals surface area contributed by atoms with Crippen LogP contribution >= 0.6 is 0 Å². The second-order valence-corrected chi connectivity index (χ2v) is 3.08. The number of carbonyl (C=O) groups is 2. The van der Waals surface area contributed by atoms with Crippen LogP contribution in [0, 0.1) is 0 Å². The number of rotatable bonds is 0. The highest BCUT2D eigenvalue weighted by Gasteiger charge is 2.27. The molecule has 0 saturated carbocycles. The SMILES string of the molecule is O=C1C[S+]([O-])CC(=O)[N]1. The lowest BCUT2D eigenvalue weighted by Gasteiger charge is -2.12. The summed E-state index contributed by atoms with van der Waals surface area (Å²) in [5.74, 6) is -1.31. The van der Waals surface area contributed by atoms with Crippen LogP contribution in [0.3, 0.4) is 0 Å². The third-order valence-corrected chi connectivity index (χ3v) is 1.96. The maximum atomic E-state index is 10.5. The maximum Gasteiger partial charge on any atom is 0.298 e. The molecule has 0 N–H and O–H groups in total. The highest BCUT2D eigenvalue weighted by Crippen LogP contribution is 1.96. The van der Waals surface area contributed by atoms with Crippen molar-refractivity contribution in [1.82, 2.24) is 5.32 Å². The molecule has 4 nitrogen and oxygen atoms in total. The van der Waals surface area contributed by atoms with E-state index in [1.807, 2.05) is 0 Å². The van der Waals surface area contributed by atoms with Gasteiger partial charge in [-0.1, -0.05) is 0 Å². The van der Waals surface area contributed by atoms with E-state index in [2.05, 4.69) is 5.32 Å². The Hall–Kier alpha value is -0.550. The van der Waals surface area contributed by atoms with E-state index in [-0.39, 0.29) is 11.5 Å². The zero-order valence-corrected chi connectivity index (χ0v) is 5.31. The summed E-state index contributed by atoms with van der Waals surface area (Å²) in [4.78, 5) is 20.6. The van der Waals surface area contributed by atoms with Crippen molar-refractivity contribution < 1.29 is 14.1 Å². The summed E-state index contributed by atoms with van der Waals surface area (Å²) >= 11 is -1.29. The topological polar surface area (TPSA) is 71.3 Å². The van der Waals surface area contributed by atoms with Gasteiger partial charge in [-0.25, -0.2) is 0 Å². The van der Waals surface area contributed by atoms with Crippen LogP contribution in [0.2, 0.25) is 0 Å². The summed E-state index contributed by atoms with van der Waals surface area (Å²) in [6.07, 6.45) is 0. The number of imide groups is 1. The van der Waals surface area contributed by atoms with E-state index in [1.165, 1.54) is 0 Å². The Kier molecular flexibility index (Phi) is 1.73. The lowest BCUT2D eigenvalue weighted by Crippen LogP contribution is -2.40. The van der Waals surface area contributed by atoms with E-state index in [4.69, 9.17) is 0 Å². The molecular formula is C4H4NO3S. The van der Waals surface area contributed by atoms with Crippen molar-refractivity contribution in [2.45, 2.75) is 0 Å². The third kappa shape index (κ3) is 1.69. The molecule has 1 fully saturated rings. The quantitative estimate of drug-likeness (QED) is 0.305. The maximum absolute atomic E-state index is 10.5. The number of hydrogen-bond donors (Lipinski definition) is 0. The molecule has 0 unspecified atom stereocenters. The Balaban J connectivity index is 2.53. The van der Waals surface area contributed by atoms with Gasteiger partial charge in [0.2, 0.25) is 0 Å². The molecule has 0 aromatic carbocycles. The van der Waals surface area contributed by atoms with Gasteiger partial charge in [-0.2, -0.15) is 5.32 Å². The lowest BCUT2D eigenvalue weighted by atomic mass is 10.6. The smallest absolute Gasteiger partial charge is 0.298 e. The highest BCUT2D eigenvalue weighted by molar-refractivity contribution is 7.92.